The molecule has 1 aliphatic heterocycles. The smallest absolute Gasteiger partial charge is 0.120 e. The molecule has 120 valence electrons. The zero-order valence-electron chi connectivity index (χ0n) is 14.1. The number of likely N-dealkylation sites (tertiary alicyclic amines) is 1. The van der Waals surface area contributed by atoms with Gasteiger partial charge in [-0.05, 0) is 64.5 Å². The quantitative estimate of drug-likeness (QED) is 0.746. The summed E-state index contributed by atoms with van der Waals surface area (Å²) < 4.78 is 6.00. The van der Waals surface area contributed by atoms with Crippen LogP contribution in [-0.4, -0.2) is 50.1 Å². The van der Waals surface area contributed by atoms with Crippen molar-refractivity contribution < 1.29 is 4.42 Å². The first-order valence-corrected chi connectivity index (χ1v) is 8.24. The maximum absolute atomic E-state index is 6.00. The van der Waals surface area contributed by atoms with Crippen molar-refractivity contribution in [1.82, 2.24) is 15.1 Å². The maximum Gasteiger partial charge on any atom is 0.120 e. The highest BCUT2D eigenvalue weighted by molar-refractivity contribution is 5.20. The van der Waals surface area contributed by atoms with Crippen molar-refractivity contribution in [2.24, 2.45) is 5.92 Å². The number of nitrogens with zero attached hydrogens (tertiary/aromatic N) is 2. The van der Waals surface area contributed by atoms with E-state index in [1.54, 1.807) is 0 Å². The molecule has 21 heavy (non-hydrogen) atoms. The molecule has 0 radical (unpaired) electrons. The molecule has 1 N–H and O–H groups in total. The largest absolute Gasteiger partial charge is 0.463 e. The van der Waals surface area contributed by atoms with E-state index in [1.807, 2.05) is 0 Å². The fourth-order valence-corrected chi connectivity index (χ4v) is 3.17. The lowest BCUT2D eigenvalue weighted by molar-refractivity contribution is 0.246. The first kappa shape index (κ1) is 16.5. The van der Waals surface area contributed by atoms with E-state index in [2.05, 4.69) is 49.1 Å². The summed E-state index contributed by atoms with van der Waals surface area (Å²) in [5, 5.41) is 3.41. The van der Waals surface area contributed by atoms with Crippen molar-refractivity contribution in [3.05, 3.63) is 23.2 Å². The van der Waals surface area contributed by atoms with Crippen molar-refractivity contribution in [1.29, 1.82) is 0 Å². The lowest BCUT2D eigenvalue weighted by atomic mass is 10.1. The van der Waals surface area contributed by atoms with Crippen molar-refractivity contribution in [3.63, 3.8) is 0 Å². The van der Waals surface area contributed by atoms with E-state index < -0.39 is 0 Å². The van der Waals surface area contributed by atoms with Gasteiger partial charge in [0.15, 0.2) is 0 Å². The molecule has 1 saturated heterocycles. The van der Waals surface area contributed by atoms with Crippen LogP contribution < -0.4 is 5.32 Å². The molecule has 1 aromatic rings. The first-order valence-electron chi connectivity index (χ1n) is 8.24. The zero-order valence-corrected chi connectivity index (χ0v) is 14.1. The molecule has 0 aliphatic carbocycles. The predicted molar refractivity (Wildman–Crippen MR) is 87.4 cm³/mol. The van der Waals surface area contributed by atoms with E-state index in [0.717, 1.165) is 50.0 Å². The lowest BCUT2D eigenvalue weighted by Crippen LogP contribution is -2.26. The highest BCUT2D eigenvalue weighted by atomic mass is 16.3. The number of hydrogen-bond donors (Lipinski definition) is 1. The Hall–Kier alpha value is -0.840. The first-order chi connectivity index (χ1) is 10.1. The fourth-order valence-electron chi connectivity index (χ4n) is 3.17. The van der Waals surface area contributed by atoms with Gasteiger partial charge in [-0.1, -0.05) is 6.92 Å². The van der Waals surface area contributed by atoms with E-state index in [9.17, 15) is 0 Å². The summed E-state index contributed by atoms with van der Waals surface area (Å²) in [6, 6.07) is 2.19. The standard InChI is InChI=1S/C17H31N3O/c1-5-7-18-10-17-14(2)9-16(21-17)13-20(4)12-15-6-8-19(3)11-15/h9,15,18H,5-8,10-13H2,1-4H3. The van der Waals surface area contributed by atoms with Gasteiger partial charge < -0.3 is 14.6 Å². The van der Waals surface area contributed by atoms with Crippen LogP contribution in [0, 0.1) is 12.8 Å². The van der Waals surface area contributed by atoms with Crippen LogP contribution in [0.25, 0.3) is 0 Å². The summed E-state index contributed by atoms with van der Waals surface area (Å²) in [6.07, 6.45) is 2.48. The zero-order chi connectivity index (χ0) is 15.2. The average Bonchev–Trinajstić information content (AvgIpc) is 2.96. The van der Waals surface area contributed by atoms with Gasteiger partial charge in [-0.15, -0.1) is 0 Å². The second-order valence-electron chi connectivity index (χ2n) is 6.61. The van der Waals surface area contributed by atoms with Crippen LogP contribution in [0.15, 0.2) is 10.5 Å². The third kappa shape index (κ3) is 5.13. The minimum Gasteiger partial charge on any atom is -0.463 e. The van der Waals surface area contributed by atoms with Gasteiger partial charge in [-0.3, -0.25) is 4.90 Å². The summed E-state index contributed by atoms with van der Waals surface area (Å²) in [4.78, 5) is 4.82. The van der Waals surface area contributed by atoms with Gasteiger partial charge in [0.05, 0.1) is 13.1 Å². The predicted octanol–water partition coefficient (Wildman–Crippen LogP) is 2.47. The molecule has 1 unspecified atom stereocenters. The topological polar surface area (TPSA) is 31.7 Å². The molecular formula is C17H31N3O. The average molecular weight is 293 g/mol. The number of nitrogens with one attached hydrogen (secondary N) is 1. The second kappa shape index (κ2) is 7.97. The van der Waals surface area contributed by atoms with Gasteiger partial charge >= 0.3 is 0 Å². The van der Waals surface area contributed by atoms with Crippen LogP contribution in [0.2, 0.25) is 0 Å². The molecule has 4 nitrogen and oxygen atoms in total. The van der Waals surface area contributed by atoms with E-state index in [1.165, 1.54) is 25.1 Å². The molecule has 4 heteroatoms. The van der Waals surface area contributed by atoms with Gasteiger partial charge in [0.25, 0.3) is 0 Å². The third-order valence-corrected chi connectivity index (χ3v) is 4.27. The third-order valence-electron chi connectivity index (χ3n) is 4.27. The molecule has 0 amide bonds. The fraction of sp³-hybridized carbons (Fsp3) is 0.765. The van der Waals surface area contributed by atoms with Crippen LogP contribution in [0.5, 0.6) is 0 Å². The summed E-state index contributed by atoms with van der Waals surface area (Å²) >= 11 is 0. The molecule has 2 heterocycles. The van der Waals surface area contributed by atoms with Crippen LogP contribution in [0.4, 0.5) is 0 Å². The Morgan fingerprint density at radius 3 is 2.95 bits per heavy atom. The van der Waals surface area contributed by atoms with Crippen molar-refractivity contribution in [2.75, 3.05) is 40.3 Å². The van der Waals surface area contributed by atoms with Crippen molar-refractivity contribution in [2.45, 2.75) is 39.8 Å². The number of furan rings is 1. The Balaban J connectivity index is 1.80. The Bertz CT molecular complexity index is 430. The van der Waals surface area contributed by atoms with Gasteiger partial charge in [0.2, 0.25) is 0 Å². The number of aryl methyl sites for hydroxylation is 1. The highest BCUT2D eigenvalue weighted by Gasteiger charge is 2.21. The molecular weight excluding hydrogens is 262 g/mol. The van der Waals surface area contributed by atoms with E-state index in [0.29, 0.717) is 0 Å². The normalized spacial score (nSPS) is 19.8. The molecule has 1 aromatic heterocycles. The number of hydrogen-bond acceptors (Lipinski definition) is 4. The van der Waals surface area contributed by atoms with E-state index in [-0.39, 0.29) is 0 Å². The van der Waals surface area contributed by atoms with Gasteiger partial charge in [0, 0.05) is 13.1 Å². The second-order valence-corrected chi connectivity index (χ2v) is 6.61. The van der Waals surface area contributed by atoms with Crippen molar-refractivity contribution >= 4 is 0 Å². The van der Waals surface area contributed by atoms with Crippen molar-refractivity contribution in [3.8, 4) is 0 Å². The Morgan fingerprint density at radius 1 is 1.48 bits per heavy atom. The molecule has 0 spiro atoms. The van der Waals surface area contributed by atoms with E-state index >= 15 is 0 Å². The molecule has 2 rings (SSSR count). The molecule has 0 aromatic carbocycles. The SMILES string of the molecule is CCCNCc1oc(CN(C)CC2CCN(C)C2)cc1C. The molecule has 1 atom stereocenters. The van der Waals surface area contributed by atoms with Crippen LogP contribution in [-0.2, 0) is 13.1 Å². The minimum absolute atomic E-state index is 0.807. The maximum atomic E-state index is 6.00. The number of rotatable bonds is 8. The van der Waals surface area contributed by atoms with Gasteiger partial charge in [-0.2, -0.15) is 0 Å². The summed E-state index contributed by atoms with van der Waals surface area (Å²) in [7, 11) is 4.41. The van der Waals surface area contributed by atoms with Crippen LogP contribution in [0.3, 0.4) is 0 Å². The lowest BCUT2D eigenvalue weighted by Gasteiger charge is -2.19. The molecule has 0 bridgehead atoms. The molecule has 0 saturated carbocycles. The Kier molecular flexibility index (Phi) is 6.27. The van der Waals surface area contributed by atoms with Gasteiger partial charge in [-0.25, -0.2) is 0 Å². The monoisotopic (exact) mass is 293 g/mol. The summed E-state index contributed by atoms with van der Waals surface area (Å²) in [5.41, 5.74) is 1.27. The van der Waals surface area contributed by atoms with E-state index in [4.69, 9.17) is 4.42 Å². The van der Waals surface area contributed by atoms with Crippen LogP contribution in [0.1, 0.15) is 36.8 Å². The Morgan fingerprint density at radius 2 is 2.29 bits per heavy atom. The van der Waals surface area contributed by atoms with Crippen LogP contribution >= 0.6 is 0 Å². The van der Waals surface area contributed by atoms with Gasteiger partial charge in [0.1, 0.15) is 11.5 Å². The highest BCUT2D eigenvalue weighted by Crippen LogP contribution is 2.19. The molecule has 1 aliphatic rings. The summed E-state index contributed by atoms with van der Waals surface area (Å²) in [6.45, 7) is 10.8. The Labute approximate surface area is 129 Å². The minimum atomic E-state index is 0.807. The summed E-state index contributed by atoms with van der Waals surface area (Å²) in [5.74, 6) is 2.99. The molecule has 1 fully saturated rings.